The van der Waals surface area contributed by atoms with E-state index in [0.717, 1.165) is 28.9 Å². The fraction of sp³-hybridized carbons (Fsp3) is 1.00. The van der Waals surface area contributed by atoms with Crippen LogP contribution >= 0.6 is 0 Å². The highest BCUT2D eigenvalue weighted by molar-refractivity contribution is 8.28. The van der Waals surface area contributed by atoms with Crippen molar-refractivity contribution in [3.8, 4) is 0 Å². The molecule has 1 aliphatic carbocycles. The van der Waals surface area contributed by atoms with Crippen LogP contribution in [0.25, 0.3) is 0 Å². The Bertz CT molecular complexity index is 186. The molecule has 72 valence electrons. The Morgan fingerprint density at radius 3 is 1.92 bits per heavy atom. The average molecular weight is 204 g/mol. The molecule has 0 amide bonds. The molecule has 0 heterocycles. The summed E-state index contributed by atoms with van der Waals surface area (Å²) >= 11 is 5.41. The molecule has 0 N–H and O–H groups in total. The van der Waals surface area contributed by atoms with Gasteiger partial charge in [0, 0.05) is 5.25 Å². The second-order valence-electron chi connectivity index (χ2n) is 4.50. The van der Waals surface area contributed by atoms with Gasteiger partial charge in [-0.2, -0.15) is 0 Å². The van der Waals surface area contributed by atoms with E-state index in [4.69, 9.17) is 11.2 Å². The van der Waals surface area contributed by atoms with Gasteiger partial charge in [0.2, 0.25) is 0 Å². The van der Waals surface area contributed by atoms with Crippen molar-refractivity contribution in [2.24, 2.45) is 23.7 Å². The Morgan fingerprint density at radius 2 is 1.67 bits per heavy atom. The molecule has 1 aliphatic rings. The maximum Gasteiger partial charge on any atom is 0.0152 e. The molecule has 0 saturated heterocycles. The lowest BCUT2D eigenvalue weighted by atomic mass is 9.62. The summed E-state index contributed by atoms with van der Waals surface area (Å²) in [6, 6.07) is 0. The van der Waals surface area contributed by atoms with Gasteiger partial charge in [-0.3, -0.25) is 0 Å². The first-order chi connectivity index (χ1) is 5.46. The molecule has 0 spiro atoms. The Kier molecular flexibility index (Phi) is 3.33. The molecule has 0 aromatic heterocycles. The van der Waals surface area contributed by atoms with Crippen LogP contribution in [0.2, 0.25) is 0 Å². The summed E-state index contributed by atoms with van der Waals surface area (Å²) in [7, 11) is 0.208. The SMILES string of the molecule is CC(C)C1C(C)C(C)C1S(C)=S. The summed E-state index contributed by atoms with van der Waals surface area (Å²) in [4.78, 5) is 0. The first-order valence-corrected chi connectivity index (χ1v) is 7.41. The highest BCUT2D eigenvalue weighted by Crippen LogP contribution is 2.46. The lowest BCUT2D eigenvalue weighted by molar-refractivity contribution is 0.0738. The first kappa shape index (κ1) is 10.6. The van der Waals surface area contributed by atoms with Gasteiger partial charge in [-0.25, -0.2) is 0 Å². The van der Waals surface area contributed by atoms with Crippen LogP contribution in [0.5, 0.6) is 0 Å². The minimum atomic E-state index is 0.208. The van der Waals surface area contributed by atoms with Crippen molar-refractivity contribution in [3.05, 3.63) is 0 Å². The molecule has 5 unspecified atom stereocenters. The minimum Gasteiger partial charge on any atom is -0.121 e. The third kappa shape index (κ3) is 1.60. The van der Waals surface area contributed by atoms with Crippen LogP contribution in [0.4, 0.5) is 0 Å². The second kappa shape index (κ2) is 3.75. The van der Waals surface area contributed by atoms with Gasteiger partial charge in [-0.15, -0.1) is 9.45 Å². The zero-order chi connectivity index (χ0) is 9.46. The van der Waals surface area contributed by atoms with E-state index in [0.29, 0.717) is 0 Å². The van der Waals surface area contributed by atoms with Crippen LogP contribution in [0.1, 0.15) is 27.7 Å². The molecule has 0 aliphatic heterocycles. The zero-order valence-electron chi connectivity index (χ0n) is 8.70. The monoisotopic (exact) mass is 204 g/mol. The normalized spacial score (nSPS) is 44.2. The summed E-state index contributed by atoms with van der Waals surface area (Å²) < 4.78 is 0. The van der Waals surface area contributed by atoms with Gasteiger partial charge in [0.15, 0.2) is 0 Å². The van der Waals surface area contributed by atoms with E-state index >= 15 is 0 Å². The number of hydrogen-bond acceptors (Lipinski definition) is 1. The van der Waals surface area contributed by atoms with Gasteiger partial charge in [-0.1, -0.05) is 38.9 Å². The van der Waals surface area contributed by atoms with Gasteiger partial charge in [0.1, 0.15) is 0 Å². The molecule has 1 fully saturated rings. The quantitative estimate of drug-likeness (QED) is 0.666. The summed E-state index contributed by atoms with van der Waals surface area (Å²) in [5.41, 5.74) is 0. The zero-order valence-corrected chi connectivity index (χ0v) is 10.3. The fourth-order valence-corrected chi connectivity index (χ4v) is 5.43. The van der Waals surface area contributed by atoms with Gasteiger partial charge in [0.05, 0.1) is 0 Å². The maximum absolute atomic E-state index is 5.41. The molecule has 0 radical (unpaired) electrons. The third-order valence-corrected chi connectivity index (χ3v) is 5.66. The van der Waals surface area contributed by atoms with E-state index in [2.05, 4.69) is 34.0 Å². The lowest BCUT2D eigenvalue weighted by Gasteiger charge is -2.51. The van der Waals surface area contributed by atoms with Gasteiger partial charge in [-0.05, 0) is 29.9 Å². The van der Waals surface area contributed by atoms with Crippen LogP contribution in [0.15, 0.2) is 0 Å². The molecule has 12 heavy (non-hydrogen) atoms. The second-order valence-corrected chi connectivity index (χ2v) is 7.62. The molecular formula is C10H20S2. The lowest BCUT2D eigenvalue weighted by Crippen LogP contribution is -2.52. The predicted molar refractivity (Wildman–Crippen MR) is 61.1 cm³/mol. The number of rotatable bonds is 2. The van der Waals surface area contributed by atoms with Gasteiger partial charge in [0.25, 0.3) is 0 Å². The molecule has 5 atom stereocenters. The standard InChI is InChI=1S/C10H20S2/c1-6(2)9-7(3)8(4)10(9)12(5)11/h6-10H,1-5H3. The van der Waals surface area contributed by atoms with Crippen molar-refractivity contribution < 1.29 is 0 Å². The summed E-state index contributed by atoms with van der Waals surface area (Å²) in [5, 5.41) is 0.829. The summed E-state index contributed by atoms with van der Waals surface area (Å²) in [5.74, 6) is 3.47. The van der Waals surface area contributed by atoms with Crippen molar-refractivity contribution in [1.82, 2.24) is 0 Å². The molecule has 1 saturated carbocycles. The molecule has 0 aromatic carbocycles. The van der Waals surface area contributed by atoms with Crippen molar-refractivity contribution in [2.45, 2.75) is 32.9 Å². The Balaban J connectivity index is 2.68. The van der Waals surface area contributed by atoms with E-state index in [9.17, 15) is 0 Å². The summed E-state index contributed by atoms with van der Waals surface area (Å²) in [6.45, 7) is 9.42. The molecular weight excluding hydrogens is 184 g/mol. The van der Waals surface area contributed by atoms with Gasteiger partial charge < -0.3 is 0 Å². The minimum absolute atomic E-state index is 0.208. The Hall–Kier alpha value is 0.570. The van der Waals surface area contributed by atoms with E-state index in [1.807, 2.05) is 0 Å². The predicted octanol–water partition coefficient (Wildman–Crippen LogP) is 2.62. The maximum atomic E-state index is 5.41. The van der Waals surface area contributed by atoms with E-state index < -0.39 is 0 Å². The van der Waals surface area contributed by atoms with Crippen molar-refractivity contribution in [2.75, 3.05) is 6.26 Å². The van der Waals surface area contributed by atoms with E-state index in [1.54, 1.807) is 0 Å². The van der Waals surface area contributed by atoms with Gasteiger partial charge >= 0.3 is 0 Å². The average Bonchev–Trinajstić information content (AvgIpc) is 1.96. The Morgan fingerprint density at radius 1 is 1.17 bits per heavy atom. The van der Waals surface area contributed by atoms with Crippen molar-refractivity contribution >= 4 is 20.6 Å². The number of hydrogen-bond donors (Lipinski definition) is 0. The van der Waals surface area contributed by atoms with Crippen molar-refractivity contribution in [3.63, 3.8) is 0 Å². The van der Waals surface area contributed by atoms with Crippen LogP contribution in [-0.2, 0) is 20.6 Å². The molecule has 0 aromatic rings. The highest BCUT2D eigenvalue weighted by Gasteiger charge is 2.46. The molecule has 0 nitrogen and oxygen atoms in total. The van der Waals surface area contributed by atoms with Crippen molar-refractivity contribution in [1.29, 1.82) is 0 Å². The van der Waals surface area contributed by atoms with Crippen LogP contribution in [0.3, 0.4) is 0 Å². The van der Waals surface area contributed by atoms with Crippen LogP contribution in [-0.4, -0.2) is 11.5 Å². The Labute approximate surface area is 83.7 Å². The molecule has 0 bridgehead atoms. The summed E-state index contributed by atoms with van der Waals surface area (Å²) in [6.07, 6.45) is 2.22. The topological polar surface area (TPSA) is 0 Å². The smallest absolute Gasteiger partial charge is 0.0152 e. The first-order valence-electron chi connectivity index (χ1n) is 4.79. The van der Waals surface area contributed by atoms with E-state index in [-0.39, 0.29) is 9.45 Å². The third-order valence-electron chi connectivity index (χ3n) is 3.49. The van der Waals surface area contributed by atoms with E-state index in [1.165, 1.54) is 0 Å². The molecule has 2 heteroatoms. The highest BCUT2D eigenvalue weighted by atomic mass is 32.8. The van der Waals surface area contributed by atoms with Crippen LogP contribution < -0.4 is 0 Å². The largest absolute Gasteiger partial charge is 0.121 e. The molecule has 1 rings (SSSR count). The van der Waals surface area contributed by atoms with Crippen LogP contribution in [0, 0.1) is 23.7 Å². The fourth-order valence-electron chi connectivity index (χ4n) is 2.66.